The summed E-state index contributed by atoms with van der Waals surface area (Å²) in [6.07, 6.45) is 0. The van der Waals surface area contributed by atoms with Crippen molar-refractivity contribution in [2.24, 2.45) is 5.73 Å². The first-order valence-corrected chi connectivity index (χ1v) is 8.32. The van der Waals surface area contributed by atoms with E-state index in [0.717, 1.165) is 23.3 Å². The monoisotopic (exact) mass is 327 g/mol. The van der Waals surface area contributed by atoms with E-state index in [4.69, 9.17) is 17.3 Å². The van der Waals surface area contributed by atoms with Crippen LogP contribution in [0.15, 0.2) is 47.4 Å². The molecule has 21 heavy (non-hydrogen) atoms. The Balaban J connectivity index is 2.24. The number of nitrogens with two attached hydrogens (primary N) is 1. The highest BCUT2D eigenvalue weighted by molar-refractivity contribution is 7.91. The molecule has 1 unspecified atom stereocenters. The molecule has 0 spiro atoms. The van der Waals surface area contributed by atoms with Crippen LogP contribution in [0.1, 0.15) is 17.2 Å². The maximum atomic E-state index is 13.1. The molecule has 0 radical (unpaired) electrons. The van der Waals surface area contributed by atoms with Gasteiger partial charge >= 0.3 is 0 Å². The molecule has 2 aromatic rings. The van der Waals surface area contributed by atoms with E-state index in [0.29, 0.717) is 0 Å². The first-order valence-electron chi connectivity index (χ1n) is 6.29. The summed E-state index contributed by atoms with van der Waals surface area (Å²) in [4.78, 5) is -0.0311. The molecule has 0 aliphatic heterocycles. The third-order valence-electron chi connectivity index (χ3n) is 3.15. The van der Waals surface area contributed by atoms with Crippen LogP contribution in [0.25, 0.3) is 0 Å². The third kappa shape index (κ3) is 3.81. The van der Waals surface area contributed by atoms with Crippen LogP contribution in [0.3, 0.4) is 0 Å². The summed E-state index contributed by atoms with van der Waals surface area (Å²) in [6, 6.07) is 10.0. The first kappa shape index (κ1) is 15.9. The minimum absolute atomic E-state index is 0.0311. The molecule has 0 saturated carbocycles. The highest BCUT2D eigenvalue weighted by Crippen LogP contribution is 2.23. The number of rotatable bonds is 4. The lowest BCUT2D eigenvalue weighted by molar-refractivity contribution is 0.588. The number of sulfone groups is 1. The predicted octanol–water partition coefficient (Wildman–Crippen LogP) is 3.26. The third-order valence-corrected chi connectivity index (χ3v) is 5.21. The zero-order valence-electron chi connectivity index (χ0n) is 11.4. The topological polar surface area (TPSA) is 60.2 Å². The first-order chi connectivity index (χ1) is 9.79. The van der Waals surface area contributed by atoms with Crippen molar-refractivity contribution in [1.29, 1.82) is 0 Å². The van der Waals surface area contributed by atoms with Crippen LogP contribution >= 0.6 is 11.6 Å². The molecule has 0 heterocycles. The molecular formula is C15H15ClFNO2S. The Morgan fingerprint density at radius 2 is 1.81 bits per heavy atom. The van der Waals surface area contributed by atoms with Gasteiger partial charge in [-0.25, -0.2) is 12.8 Å². The Kier molecular flexibility index (Phi) is 4.66. The Labute approximate surface area is 128 Å². The highest BCUT2D eigenvalue weighted by atomic mass is 35.5. The van der Waals surface area contributed by atoms with Gasteiger partial charge in [-0.1, -0.05) is 41.4 Å². The fourth-order valence-electron chi connectivity index (χ4n) is 1.91. The minimum Gasteiger partial charge on any atom is -0.323 e. The lowest BCUT2D eigenvalue weighted by Crippen LogP contribution is -2.22. The van der Waals surface area contributed by atoms with E-state index in [9.17, 15) is 12.8 Å². The second-order valence-corrected chi connectivity index (χ2v) is 7.32. The summed E-state index contributed by atoms with van der Waals surface area (Å²) < 4.78 is 37.7. The quantitative estimate of drug-likeness (QED) is 0.877. The summed E-state index contributed by atoms with van der Waals surface area (Å²) in [6.45, 7) is 1.94. The minimum atomic E-state index is -3.63. The van der Waals surface area contributed by atoms with Crippen molar-refractivity contribution in [3.05, 3.63) is 64.4 Å². The Morgan fingerprint density at radius 1 is 1.19 bits per heavy atom. The van der Waals surface area contributed by atoms with E-state index in [2.05, 4.69) is 0 Å². The smallest absolute Gasteiger partial charge is 0.180 e. The second kappa shape index (κ2) is 6.13. The standard InChI is InChI=1S/C15H15ClFNO2S/c1-10-2-4-11(5-3-10)15(18)9-21(19,20)12-6-7-14(17)13(16)8-12/h2-8,15H,9,18H2,1H3. The molecule has 0 aliphatic rings. The van der Waals surface area contributed by atoms with Crippen LogP contribution in [-0.4, -0.2) is 14.2 Å². The molecule has 6 heteroatoms. The fourth-order valence-corrected chi connectivity index (χ4v) is 3.59. The van der Waals surface area contributed by atoms with E-state index in [1.807, 2.05) is 19.1 Å². The van der Waals surface area contributed by atoms with E-state index in [1.54, 1.807) is 12.1 Å². The average molecular weight is 328 g/mol. The number of benzene rings is 2. The van der Waals surface area contributed by atoms with Gasteiger partial charge in [0.15, 0.2) is 9.84 Å². The van der Waals surface area contributed by atoms with Crippen LogP contribution < -0.4 is 5.73 Å². The second-order valence-electron chi connectivity index (χ2n) is 4.87. The van der Waals surface area contributed by atoms with Crippen LogP contribution in [-0.2, 0) is 9.84 Å². The van der Waals surface area contributed by atoms with Crippen molar-refractivity contribution >= 4 is 21.4 Å². The molecule has 2 rings (SSSR count). The van der Waals surface area contributed by atoms with Gasteiger partial charge in [-0.2, -0.15) is 0 Å². The molecule has 112 valence electrons. The number of aryl methyl sites for hydroxylation is 1. The van der Waals surface area contributed by atoms with Gasteiger partial charge in [0.05, 0.1) is 15.7 Å². The van der Waals surface area contributed by atoms with Crippen molar-refractivity contribution < 1.29 is 12.8 Å². The molecule has 0 bridgehead atoms. The molecule has 2 aromatic carbocycles. The molecule has 0 saturated heterocycles. The Bertz CT molecular complexity index is 745. The Hall–Kier alpha value is -1.43. The zero-order chi connectivity index (χ0) is 15.6. The van der Waals surface area contributed by atoms with E-state index >= 15 is 0 Å². The van der Waals surface area contributed by atoms with Gasteiger partial charge in [-0.3, -0.25) is 0 Å². The normalized spacial score (nSPS) is 13.1. The van der Waals surface area contributed by atoms with Gasteiger partial charge in [0, 0.05) is 6.04 Å². The molecule has 0 fully saturated rings. The summed E-state index contributed by atoms with van der Waals surface area (Å²) in [5.74, 6) is -0.920. The lowest BCUT2D eigenvalue weighted by atomic mass is 10.1. The molecule has 0 aromatic heterocycles. The summed E-state index contributed by atoms with van der Waals surface area (Å²) in [5.41, 5.74) is 7.75. The van der Waals surface area contributed by atoms with Crippen molar-refractivity contribution in [1.82, 2.24) is 0 Å². The van der Waals surface area contributed by atoms with Gasteiger partial charge in [0.25, 0.3) is 0 Å². The predicted molar refractivity (Wildman–Crippen MR) is 81.6 cm³/mol. The largest absolute Gasteiger partial charge is 0.323 e. The van der Waals surface area contributed by atoms with Gasteiger partial charge < -0.3 is 5.73 Å². The van der Waals surface area contributed by atoms with Crippen LogP contribution in [0.4, 0.5) is 4.39 Å². The maximum absolute atomic E-state index is 13.1. The zero-order valence-corrected chi connectivity index (χ0v) is 13.0. The van der Waals surface area contributed by atoms with Crippen molar-refractivity contribution in [3.8, 4) is 0 Å². The van der Waals surface area contributed by atoms with Gasteiger partial charge in [0.1, 0.15) is 5.82 Å². The van der Waals surface area contributed by atoms with E-state index in [-0.39, 0.29) is 15.7 Å². The van der Waals surface area contributed by atoms with Crippen LogP contribution in [0.5, 0.6) is 0 Å². The molecular weight excluding hydrogens is 313 g/mol. The van der Waals surface area contributed by atoms with Gasteiger partial charge in [-0.05, 0) is 30.7 Å². The molecule has 0 aliphatic carbocycles. The summed E-state index contributed by atoms with van der Waals surface area (Å²) in [7, 11) is -3.63. The van der Waals surface area contributed by atoms with Crippen LogP contribution in [0, 0.1) is 12.7 Å². The fraction of sp³-hybridized carbons (Fsp3) is 0.200. The molecule has 3 nitrogen and oxygen atoms in total. The van der Waals surface area contributed by atoms with E-state index in [1.165, 1.54) is 6.07 Å². The molecule has 2 N–H and O–H groups in total. The lowest BCUT2D eigenvalue weighted by Gasteiger charge is -2.13. The van der Waals surface area contributed by atoms with Gasteiger partial charge in [-0.15, -0.1) is 0 Å². The molecule has 1 atom stereocenters. The average Bonchev–Trinajstić information content (AvgIpc) is 2.42. The van der Waals surface area contributed by atoms with Crippen LogP contribution in [0.2, 0.25) is 5.02 Å². The van der Waals surface area contributed by atoms with E-state index < -0.39 is 21.7 Å². The maximum Gasteiger partial charge on any atom is 0.180 e. The highest BCUT2D eigenvalue weighted by Gasteiger charge is 2.21. The summed E-state index contributed by atoms with van der Waals surface area (Å²) in [5, 5.41) is -0.222. The van der Waals surface area contributed by atoms with Gasteiger partial charge in [0.2, 0.25) is 0 Å². The number of hydrogen-bond acceptors (Lipinski definition) is 3. The SMILES string of the molecule is Cc1ccc(C(N)CS(=O)(=O)c2ccc(F)c(Cl)c2)cc1. The Morgan fingerprint density at radius 3 is 2.38 bits per heavy atom. The summed E-state index contributed by atoms with van der Waals surface area (Å²) >= 11 is 5.62. The number of halogens is 2. The number of hydrogen-bond donors (Lipinski definition) is 1. The van der Waals surface area contributed by atoms with Crippen molar-refractivity contribution in [2.45, 2.75) is 17.9 Å². The van der Waals surface area contributed by atoms with Crippen molar-refractivity contribution in [2.75, 3.05) is 5.75 Å². The van der Waals surface area contributed by atoms with Crippen molar-refractivity contribution in [3.63, 3.8) is 0 Å². The molecule has 0 amide bonds.